The summed E-state index contributed by atoms with van der Waals surface area (Å²) in [5, 5.41) is 4.52. The zero-order chi connectivity index (χ0) is 18.0. The van der Waals surface area contributed by atoms with Crippen molar-refractivity contribution in [3.8, 4) is 0 Å². The summed E-state index contributed by atoms with van der Waals surface area (Å²) >= 11 is 0. The van der Waals surface area contributed by atoms with Crippen LogP contribution >= 0.6 is 0 Å². The van der Waals surface area contributed by atoms with Gasteiger partial charge < -0.3 is 10.1 Å². The van der Waals surface area contributed by atoms with Crippen molar-refractivity contribution >= 4 is 12.0 Å². The van der Waals surface area contributed by atoms with Gasteiger partial charge in [-0.2, -0.15) is 0 Å². The van der Waals surface area contributed by atoms with Crippen LogP contribution in [-0.2, 0) is 32.1 Å². The summed E-state index contributed by atoms with van der Waals surface area (Å²) in [5.41, 5.74) is 5.82. The van der Waals surface area contributed by atoms with Gasteiger partial charge in [-0.1, -0.05) is 98.5 Å². The molecule has 0 bridgehead atoms. The Kier molecular flexibility index (Phi) is 6.66. The Bertz CT molecular complexity index is 822. The van der Waals surface area contributed by atoms with Gasteiger partial charge in [-0.15, -0.1) is 0 Å². The summed E-state index contributed by atoms with van der Waals surface area (Å²) in [4.78, 5) is 12.1. The molecule has 0 N–H and O–H groups in total. The van der Waals surface area contributed by atoms with Crippen molar-refractivity contribution in [3.05, 3.63) is 81.7 Å². The largest absolute Gasteiger partial charge is 0.645 e. The summed E-state index contributed by atoms with van der Waals surface area (Å²) in [6.07, 6.45) is 3.61. The Labute approximate surface area is 172 Å². The molecule has 2 nitrogen and oxygen atoms in total. The predicted octanol–water partition coefficient (Wildman–Crippen LogP) is 6.17. The topological polar surface area (TPSA) is 31.2 Å². The van der Waals surface area contributed by atoms with Crippen LogP contribution in [0.3, 0.4) is 0 Å². The molecule has 0 spiro atoms. The maximum atomic E-state index is 12.1. The number of carbonyl (C=O) groups excluding carboxylic acids is 1. The quantitative estimate of drug-likeness (QED) is 0.571. The average molecular weight is 380 g/mol. The fourth-order valence-electron chi connectivity index (χ4n) is 3.84. The molecule has 1 aliphatic carbocycles. The van der Waals surface area contributed by atoms with Gasteiger partial charge in [0, 0.05) is 27.6 Å². The zero-order valence-electron chi connectivity index (χ0n) is 16.0. The van der Waals surface area contributed by atoms with E-state index in [2.05, 4.69) is 60.8 Å². The number of hydrogen-bond donors (Lipinski definition) is 0. The summed E-state index contributed by atoms with van der Waals surface area (Å²) in [6.45, 7) is 8.28. The molecule has 0 heterocycles. The van der Waals surface area contributed by atoms with Crippen LogP contribution in [0.15, 0.2) is 54.1 Å². The second-order valence-corrected chi connectivity index (χ2v) is 7.35. The van der Waals surface area contributed by atoms with Crippen molar-refractivity contribution in [1.82, 2.24) is 0 Å². The molecule has 1 amide bonds. The number of carbonyl (C=O) groups is 1. The monoisotopic (exact) mass is 380 g/mol. The van der Waals surface area contributed by atoms with E-state index in [9.17, 15) is 4.79 Å². The van der Waals surface area contributed by atoms with Crippen molar-refractivity contribution in [2.24, 2.45) is 0 Å². The van der Waals surface area contributed by atoms with E-state index in [-0.39, 0.29) is 33.5 Å². The number of benzene rings is 2. The zero-order valence-corrected chi connectivity index (χ0v) is 17.6. The number of amides is 1. The molecular weight excluding hydrogens is 354 g/mol. The molecule has 1 aliphatic rings. The van der Waals surface area contributed by atoms with Crippen LogP contribution in [0.25, 0.3) is 11.4 Å². The molecule has 3 heteroatoms. The fraction of sp³-hybridized carbons (Fsp3) is 0.348. The third kappa shape index (κ3) is 4.02. The first-order chi connectivity index (χ1) is 11.9. The maximum absolute atomic E-state index is 12.1. The van der Waals surface area contributed by atoms with Crippen molar-refractivity contribution in [2.45, 2.75) is 52.0 Å². The van der Waals surface area contributed by atoms with Crippen LogP contribution in [0.4, 0.5) is 0 Å². The van der Waals surface area contributed by atoms with E-state index in [0.29, 0.717) is 6.42 Å². The standard InChI is InChI=1S/C23H27NO.Ti/c1-5-10-21(25)24-23(3,4)20-14-9-8-13-19(20)22-16(2)15-17-11-6-7-12-18(17)22;/h6-9,11-15,22H,5,10H2,1-4H3,(H,24,25);/p-1. The third-order valence-corrected chi connectivity index (χ3v) is 4.94. The molecule has 3 rings (SSSR count). The van der Waals surface area contributed by atoms with Crippen molar-refractivity contribution < 1.29 is 26.5 Å². The molecule has 0 fully saturated rings. The van der Waals surface area contributed by atoms with Gasteiger partial charge in [-0.25, -0.2) is 0 Å². The van der Waals surface area contributed by atoms with Crippen LogP contribution in [0.5, 0.6) is 0 Å². The Morgan fingerprint density at radius 3 is 2.35 bits per heavy atom. The minimum Gasteiger partial charge on any atom is -0.645 e. The van der Waals surface area contributed by atoms with Gasteiger partial charge in [0.15, 0.2) is 0 Å². The summed E-state index contributed by atoms with van der Waals surface area (Å²) < 4.78 is 0. The van der Waals surface area contributed by atoms with E-state index in [1.54, 1.807) is 0 Å². The van der Waals surface area contributed by atoms with E-state index >= 15 is 0 Å². The van der Waals surface area contributed by atoms with E-state index in [4.69, 9.17) is 0 Å². The third-order valence-electron chi connectivity index (χ3n) is 4.94. The average Bonchev–Trinajstić information content (AvgIpc) is 2.90. The smallest absolute Gasteiger partial charge is 0.0517 e. The van der Waals surface area contributed by atoms with E-state index in [1.165, 1.54) is 22.3 Å². The van der Waals surface area contributed by atoms with Crippen LogP contribution < -0.4 is 0 Å². The van der Waals surface area contributed by atoms with Crippen LogP contribution in [-0.4, -0.2) is 5.91 Å². The van der Waals surface area contributed by atoms with Gasteiger partial charge in [0.1, 0.15) is 0 Å². The molecule has 0 saturated carbocycles. The normalized spacial score (nSPS) is 15.7. The number of fused-ring (bicyclic) bond motifs is 1. The molecule has 0 aliphatic heterocycles. The SMILES string of the molecule is CCCC(=O)[N-]C(C)(C)c1ccccc1C1C(C)=Cc2ccccc21.[Ti]. The Hall–Kier alpha value is -1.64. The first kappa shape index (κ1) is 20.7. The molecule has 0 saturated heterocycles. The summed E-state index contributed by atoms with van der Waals surface area (Å²) in [5.74, 6) is 0.226. The number of rotatable bonds is 5. The molecule has 26 heavy (non-hydrogen) atoms. The molecular formula is C23H26NOTi-. The number of hydrogen-bond acceptors (Lipinski definition) is 1. The molecule has 2 aromatic rings. The first-order valence-electron chi connectivity index (χ1n) is 9.06. The van der Waals surface area contributed by atoms with Gasteiger partial charge in [-0.3, -0.25) is 0 Å². The number of allylic oxidation sites excluding steroid dienone is 1. The van der Waals surface area contributed by atoms with Crippen molar-refractivity contribution in [3.63, 3.8) is 0 Å². The Morgan fingerprint density at radius 1 is 1.04 bits per heavy atom. The predicted molar refractivity (Wildman–Crippen MR) is 105 cm³/mol. The molecule has 1 unspecified atom stereocenters. The Balaban J connectivity index is 0.00000243. The van der Waals surface area contributed by atoms with Gasteiger partial charge in [0.05, 0.1) is 5.91 Å². The van der Waals surface area contributed by atoms with Crippen LogP contribution in [0.1, 0.15) is 68.7 Å². The van der Waals surface area contributed by atoms with Gasteiger partial charge in [0.2, 0.25) is 0 Å². The van der Waals surface area contributed by atoms with Crippen molar-refractivity contribution in [2.75, 3.05) is 0 Å². The fourth-order valence-corrected chi connectivity index (χ4v) is 3.84. The van der Waals surface area contributed by atoms with Crippen LogP contribution in [0.2, 0.25) is 0 Å². The van der Waals surface area contributed by atoms with E-state index in [1.807, 2.05) is 26.8 Å². The minimum absolute atomic E-state index is 0. The second kappa shape index (κ2) is 8.37. The summed E-state index contributed by atoms with van der Waals surface area (Å²) in [7, 11) is 0. The van der Waals surface area contributed by atoms with E-state index in [0.717, 1.165) is 12.0 Å². The maximum Gasteiger partial charge on any atom is 0.0517 e. The molecule has 0 aromatic heterocycles. The molecule has 0 radical (unpaired) electrons. The number of nitrogens with zero attached hydrogens (tertiary/aromatic N) is 1. The first-order valence-corrected chi connectivity index (χ1v) is 9.06. The van der Waals surface area contributed by atoms with Gasteiger partial charge in [0.25, 0.3) is 0 Å². The van der Waals surface area contributed by atoms with Gasteiger partial charge >= 0.3 is 0 Å². The molecule has 134 valence electrons. The molecule has 2 aromatic carbocycles. The second-order valence-electron chi connectivity index (χ2n) is 7.35. The van der Waals surface area contributed by atoms with Gasteiger partial charge in [-0.05, 0) is 30.0 Å². The summed E-state index contributed by atoms with van der Waals surface area (Å²) in [6, 6.07) is 17.0. The van der Waals surface area contributed by atoms with Crippen LogP contribution in [0, 0.1) is 0 Å². The van der Waals surface area contributed by atoms with Crippen molar-refractivity contribution in [1.29, 1.82) is 0 Å². The Morgan fingerprint density at radius 2 is 1.65 bits per heavy atom. The molecule has 1 atom stereocenters. The van der Waals surface area contributed by atoms with E-state index < -0.39 is 5.54 Å². The minimum atomic E-state index is -0.527.